The van der Waals surface area contributed by atoms with Crippen LogP contribution in [0.2, 0.25) is 0 Å². The summed E-state index contributed by atoms with van der Waals surface area (Å²) in [7, 11) is -3.42. The van der Waals surface area contributed by atoms with E-state index >= 15 is 0 Å². The van der Waals surface area contributed by atoms with E-state index in [9.17, 15) is 21.6 Å². The zero-order chi connectivity index (χ0) is 19.7. The fraction of sp³-hybridized carbons (Fsp3) is 0.667. The number of hydrogen-bond acceptors (Lipinski definition) is 3. The highest BCUT2D eigenvalue weighted by Crippen LogP contribution is 2.29. The summed E-state index contributed by atoms with van der Waals surface area (Å²) in [5.41, 5.74) is 0.141. The molecule has 5 nitrogen and oxygen atoms in total. The average molecular weight is 405 g/mol. The maximum Gasteiger partial charge on any atom is 0.416 e. The van der Waals surface area contributed by atoms with E-state index in [1.807, 2.05) is 0 Å². The van der Waals surface area contributed by atoms with Gasteiger partial charge in [0.1, 0.15) is 0 Å². The van der Waals surface area contributed by atoms with Crippen LogP contribution >= 0.6 is 0 Å². The van der Waals surface area contributed by atoms with Gasteiger partial charge in [-0.15, -0.1) is 0 Å². The highest BCUT2D eigenvalue weighted by molar-refractivity contribution is 7.86. The Bertz CT molecular complexity index is 729. The lowest BCUT2D eigenvalue weighted by atomic mass is 10.0. The van der Waals surface area contributed by atoms with Gasteiger partial charge in [0.05, 0.1) is 5.56 Å². The first-order valence-electron chi connectivity index (χ1n) is 9.30. The summed E-state index contributed by atoms with van der Waals surface area (Å²) < 4.78 is 66.6. The number of halogens is 3. The van der Waals surface area contributed by atoms with Gasteiger partial charge in [0.2, 0.25) is 0 Å². The van der Waals surface area contributed by atoms with Gasteiger partial charge < -0.3 is 0 Å². The monoisotopic (exact) mass is 405 g/mol. The fourth-order valence-corrected chi connectivity index (χ4v) is 5.45. The molecule has 3 rings (SSSR count). The van der Waals surface area contributed by atoms with Gasteiger partial charge in [-0.25, -0.2) is 0 Å². The summed E-state index contributed by atoms with van der Waals surface area (Å²) in [6.07, 6.45) is -2.37. The number of hydrogen-bond donors (Lipinski definition) is 0. The quantitative estimate of drug-likeness (QED) is 0.774. The van der Waals surface area contributed by atoms with Crippen LogP contribution in [0.5, 0.6) is 0 Å². The summed E-state index contributed by atoms with van der Waals surface area (Å²) in [6.45, 7) is 5.72. The third-order valence-corrected chi connectivity index (χ3v) is 7.29. The van der Waals surface area contributed by atoms with E-state index in [1.165, 1.54) is 16.4 Å². The maximum atomic E-state index is 12.8. The molecule has 0 spiro atoms. The van der Waals surface area contributed by atoms with Crippen molar-refractivity contribution in [2.24, 2.45) is 5.92 Å². The predicted octanol–water partition coefficient (Wildman–Crippen LogP) is 2.80. The molecule has 0 N–H and O–H groups in total. The number of rotatable bonds is 4. The van der Waals surface area contributed by atoms with E-state index in [0.717, 1.165) is 30.5 Å². The van der Waals surface area contributed by atoms with Crippen LogP contribution in [0.15, 0.2) is 24.3 Å². The van der Waals surface area contributed by atoms with Crippen molar-refractivity contribution < 1.29 is 21.6 Å². The standard InChI is InChI=1S/C18H26F3N3O2S/c1-15-3-2-8-24(13-15)27(25,26)23-11-9-22(10-12-23)14-16-4-6-17(7-5-16)18(19,20)21/h4-7,15H,2-3,8-14H2,1H3/t15-/m1/s1. The molecule has 2 fully saturated rings. The van der Waals surface area contributed by atoms with Crippen LogP contribution in [0.1, 0.15) is 30.9 Å². The third kappa shape index (κ3) is 5.01. The molecule has 0 aliphatic carbocycles. The van der Waals surface area contributed by atoms with Gasteiger partial charge in [-0.3, -0.25) is 4.90 Å². The minimum atomic E-state index is -4.33. The zero-order valence-corrected chi connectivity index (χ0v) is 16.3. The summed E-state index contributed by atoms with van der Waals surface area (Å²) >= 11 is 0. The summed E-state index contributed by atoms with van der Waals surface area (Å²) in [5.74, 6) is 0.384. The van der Waals surface area contributed by atoms with Crippen LogP contribution < -0.4 is 0 Å². The fourth-order valence-electron chi connectivity index (χ4n) is 3.69. The molecule has 0 amide bonds. The largest absolute Gasteiger partial charge is 0.416 e. The van der Waals surface area contributed by atoms with Crippen LogP contribution in [0, 0.1) is 5.92 Å². The van der Waals surface area contributed by atoms with E-state index in [4.69, 9.17) is 0 Å². The molecule has 0 aromatic heterocycles. The highest BCUT2D eigenvalue weighted by atomic mass is 32.2. The van der Waals surface area contributed by atoms with Gasteiger partial charge in [0.25, 0.3) is 10.2 Å². The Labute approximate surface area is 158 Å². The van der Waals surface area contributed by atoms with Gasteiger partial charge in [-0.1, -0.05) is 19.1 Å². The van der Waals surface area contributed by atoms with Gasteiger partial charge in [-0.2, -0.15) is 30.2 Å². The van der Waals surface area contributed by atoms with Crippen molar-refractivity contribution in [1.82, 2.24) is 13.5 Å². The van der Waals surface area contributed by atoms with Gasteiger partial charge in [-0.05, 0) is 36.5 Å². The number of piperazine rings is 1. The van der Waals surface area contributed by atoms with E-state index in [2.05, 4.69) is 11.8 Å². The first kappa shape index (κ1) is 20.6. The zero-order valence-electron chi connectivity index (χ0n) is 15.5. The van der Waals surface area contributed by atoms with E-state index < -0.39 is 21.9 Å². The SMILES string of the molecule is C[C@@H]1CCCN(S(=O)(=O)N2CCN(Cc3ccc(C(F)(F)F)cc3)CC2)C1. The maximum absolute atomic E-state index is 12.8. The van der Waals surface area contributed by atoms with Crippen LogP contribution in [0.3, 0.4) is 0 Å². The molecule has 152 valence electrons. The molecule has 2 aliphatic heterocycles. The molecule has 0 bridgehead atoms. The second-order valence-corrected chi connectivity index (χ2v) is 9.41. The van der Waals surface area contributed by atoms with Crippen molar-refractivity contribution >= 4 is 10.2 Å². The van der Waals surface area contributed by atoms with Crippen molar-refractivity contribution in [2.75, 3.05) is 39.3 Å². The Morgan fingerprint density at radius 1 is 1.00 bits per heavy atom. The van der Waals surface area contributed by atoms with Gasteiger partial charge in [0, 0.05) is 45.8 Å². The second-order valence-electron chi connectivity index (χ2n) is 7.48. The van der Waals surface area contributed by atoms with E-state index in [0.29, 0.717) is 51.7 Å². The molecule has 9 heteroatoms. The molecule has 1 aromatic carbocycles. The Kier molecular flexibility index (Phi) is 6.14. The lowest BCUT2D eigenvalue weighted by molar-refractivity contribution is -0.137. The van der Waals surface area contributed by atoms with Crippen LogP contribution in [0.25, 0.3) is 0 Å². The third-order valence-electron chi connectivity index (χ3n) is 5.29. The lowest BCUT2D eigenvalue weighted by Crippen LogP contribution is -2.54. The van der Waals surface area contributed by atoms with Crippen LogP contribution in [0.4, 0.5) is 13.2 Å². The van der Waals surface area contributed by atoms with Crippen LogP contribution in [-0.2, 0) is 22.9 Å². The number of piperidine rings is 1. The van der Waals surface area contributed by atoms with E-state index in [-0.39, 0.29) is 0 Å². The molecule has 0 unspecified atom stereocenters. The number of nitrogens with zero attached hydrogens (tertiary/aromatic N) is 3. The lowest BCUT2D eigenvalue weighted by Gasteiger charge is -2.38. The van der Waals surface area contributed by atoms with Gasteiger partial charge in [0.15, 0.2) is 0 Å². The summed E-state index contributed by atoms with van der Waals surface area (Å²) in [4.78, 5) is 2.08. The first-order chi connectivity index (χ1) is 12.7. The molecule has 1 aromatic rings. The molecule has 0 radical (unpaired) electrons. The predicted molar refractivity (Wildman–Crippen MR) is 97.2 cm³/mol. The summed E-state index contributed by atoms with van der Waals surface area (Å²) in [5, 5.41) is 0. The minimum absolute atomic E-state index is 0.384. The van der Waals surface area contributed by atoms with Crippen molar-refractivity contribution in [2.45, 2.75) is 32.5 Å². The smallest absolute Gasteiger partial charge is 0.296 e. The Balaban J connectivity index is 1.54. The van der Waals surface area contributed by atoms with Crippen LogP contribution in [-0.4, -0.2) is 61.2 Å². The molecule has 2 aliphatic rings. The Morgan fingerprint density at radius 2 is 1.63 bits per heavy atom. The van der Waals surface area contributed by atoms with Gasteiger partial charge >= 0.3 is 6.18 Å². The minimum Gasteiger partial charge on any atom is -0.296 e. The Morgan fingerprint density at radius 3 is 2.19 bits per heavy atom. The molecule has 2 saturated heterocycles. The topological polar surface area (TPSA) is 43.9 Å². The molecule has 2 heterocycles. The van der Waals surface area contributed by atoms with Crippen molar-refractivity contribution in [3.8, 4) is 0 Å². The summed E-state index contributed by atoms with van der Waals surface area (Å²) in [6, 6.07) is 5.16. The average Bonchev–Trinajstić information content (AvgIpc) is 2.62. The van der Waals surface area contributed by atoms with Crippen molar-refractivity contribution in [1.29, 1.82) is 0 Å². The number of benzene rings is 1. The molecular formula is C18H26F3N3O2S. The first-order valence-corrected chi connectivity index (χ1v) is 10.7. The Hall–Kier alpha value is -1.16. The van der Waals surface area contributed by atoms with E-state index in [1.54, 1.807) is 4.31 Å². The normalized spacial score (nSPS) is 24.2. The molecular weight excluding hydrogens is 379 g/mol. The molecule has 1 atom stereocenters. The molecule has 0 saturated carbocycles. The van der Waals surface area contributed by atoms with Crippen molar-refractivity contribution in [3.05, 3.63) is 35.4 Å². The highest BCUT2D eigenvalue weighted by Gasteiger charge is 2.34. The second kappa shape index (κ2) is 8.06. The number of alkyl halides is 3. The van der Waals surface area contributed by atoms with Crippen molar-refractivity contribution in [3.63, 3.8) is 0 Å². The molecule has 27 heavy (non-hydrogen) atoms.